The molecular weight excluding hydrogens is 416 g/mol. The highest BCUT2D eigenvalue weighted by Crippen LogP contribution is 2.39. The van der Waals surface area contributed by atoms with Crippen molar-refractivity contribution in [3.05, 3.63) is 36.4 Å². The number of methoxy groups -OCH3 is 4. The van der Waals surface area contributed by atoms with Gasteiger partial charge >= 0.3 is 0 Å². The lowest BCUT2D eigenvalue weighted by Gasteiger charge is -2.13. The van der Waals surface area contributed by atoms with E-state index in [0.29, 0.717) is 45.8 Å². The lowest BCUT2D eigenvalue weighted by atomic mass is 10.1. The highest BCUT2D eigenvalue weighted by atomic mass is 16.5. The molecule has 5 rings (SSSR count). The molecule has 0 bridgehead atoms. The molecule has 0 aliphatic heterocycles. The fourth-order valence-corrected chi connectivity index (χ4v) is 3.59. The van der Waals surface area contributed by atoms with Gasteiger partial charge in [-0.3, -0.25) is 0 Å². The van der Waals surface area contributed by atoms with Gasteiger partial charge in [0.25, 0.3) is 11.6 Å². The van der Waals surface area contributed by atoms with Crippen LogP contribution < -0.4 is 18.9 Å². The predicted molar refractivity (Wildman–Crippen MR) is 112 cm³/mol. The van der Waals surface area contributed by atoms with Crippen LogP contribution in [0.5, 0.6) is 23.0 Å². The Labute approximate surface area is 181 Å². The van der Waals surface area contributed by atoms with Gasteiger partial charge < -0.3 is 18.9 Å². The molecule has 0 aliphatic carbocycles. The predicted octanol–water partition coefficient (Wildman–Crippen LogP) is 1.93. The van der Waals surface area contributed by atoms with Crippen molar-refractivity contribution >= 4 is 11.6 Å². The third kappa shape index (κ3) is 2.76. The van der Waals surface area contributed by atoms with Crippen LogP contribution in [0.3, 0.4) is 0 Å². The number of para-hydroxylation sites is 2. The first kappa shape index (κ1) is 19.5. The van der Waals surface area contributed by atoms with E-state index in [9.17, 15) is 0 Å². The molecule has 0 unspecified atom stereocenters. The largest absolute Gasteiger partial charge is 0.493 e. The molecule has 3 heterocycles. The van der Waals surface area contributed by atoms with Crippen molar-refractivity contribution in [3.63, 3.8) is 0 Å². The summed E-state index contributed by atoms with van der Waals surface area (Å²) in [5.74, 6) is 3.50. The van der Waals surface area contributed by atoms with Crippen LogP contribution in [-0.2, 0) is 0 Å². The van der Waals surface area contributed by atoms with Gasteiger partial charge in [-0.05, 0) is 24.3 Å². The number of benzene rings is 2. The van der Waals surface area contributed by atoms with E-state index in [1.807, 2.05) is 24.3 Å². The van der Waals surface area contributed by atoms with Gasteiger partial charge in [0.05, 0.1) is 39.6 Å². The molecule has 5 aromatic rings. The van der Waals surface area contributed by atoms with Gasteiger partial charge in [0.1, 0.15) is 0 Å². The molecule has 0 saturated heterocycles. The molecule has 12 nitrogen and oxygen atoms in total. The molecule has 0 atom stereocenters. The van der Waals surface area contributed by atoms with Gasteiger partial charge in [0, 0.05) is 0 Å². The Morgan fingerprint density at radius 1 is 0.531 bits per heavy atom. The second-order valence-corrected chi connectivity index (χ2v) is 6.55. The molecule has 0 radical (unpaired) electrons. The normalized spacial score (nSPS) is 11.1. The smallest absolute Gasteiger partial charge is 0.290 e. The van der Waals surface area contributed by atoms with Gasteiger partial charge in [-0.25, -0.2) is 0 Å². The molecule has 0 amide bonds. The van der Waals surface area contributed by atoms with Crippen LogP contribution >= 0.6 is 0 Å². The summed E-state index contributed by atoms with van der Waals surface area (Å²) in [6.45, 7) is 0. The molecule has 162 valence electrons. The Kier molecular flexibility index (Phi) is 4.66. The first-order chi connectivity index (χ1) is 15.7. The van der Waals surface area contributed by atoms with Crippen LogP contribution in [0.4, 0.5) is 0 Å². The Hall–Kier alpha value is -4.48. The minimum Gasteiger partial charge on any atom is -0.493 e. The summed E-state index contributed by atoms with van der Waals surface area (Å²) < 4.78 is 25.4. The number of rotatable bonds is 6. The monoisotopic (exact) mass is 434 g/mol. The van der Waals surface area contributed by atoms with Gasteiger partial charge in [-0.1, -0.05) is 12.1 Å². The summed E-state index contributed by atoms with van der Waals surface area (Å²) in [6.07, 6.45) is 0. The molecular formula is C20H18N8O4. The van der Waals surface area contributed by atoms with Gasteiger partial charge in [0.15, 0.2) is 34.6 Å². The average molecular weight is 434 g/mol. The third-order valence-corrected chi connectivity index (χ3v) is 4.97. The van der Waals surface area contributed by atoms with Crippen molar-refractivity contribution in [1.82, 2.24) is 39.6 Å². The molecule has 0 saturated carbocycles. The van der Waals surface area contributed by atoms with E-state index < -0.39 is 0 Å². The lowest BCUT2D eigenvalue weighted by molar-refractivity contribution is 0.355. The van der Waals surface area contributed by atoms with Crippen molar-refractivity contribution in [2.24, 2.45) is 0 Å². The van der Waals surface area contributed by atoms with E-state index in [4.69, 9.17) is 18.9 Å². The highest BCUT2D eigenvalue weighted by molar-refractivity contribution is 5.72. The number of nitrogens with zero attached hydrogens (tertiary/aromatic N) is 8. The molecule has 12 heteroatoms. The zero-order valence-corrected chi connectivity index (χ0v) is 17.7. The van der Waals surface area contributed by atoms with Crippen molar-refractivity contribution < 1.29 is 18.9 Å². The molecule has 0 N–H and O–H groups in total. The standard InChI is InChI=1S/C20H18N8O4/c1-29-13-9-5-7-11(15(13)31-3)17-21-23-19-25-26-20-24-22-18(28(20)27(17)19)12-8-6-10-14(30-2)16(12)32-4/h5-10H,1-4H3. The number of hydrogen-bond acceptors (Lipinski definition) is 10. The topological polar surface area (TPSA) is 123 Å². The summed E-state index contributed by atoms with van der Waals surface area (Å²) in [7, 11) is 6.26. The van der Waals surface area contributed by atoms with Gasteiger partial charge in [-0.15, -0.1) is 30.6 Å². The maximum atomic E-state index is 5.60. The molecule has 0 fully saturated rings. The molecule has 0 spiro atoms. The quantitative estimate of drug-likeness (QED) is 0.392. The number of ether oxygens (including phenoxy) is 4. The number of fused-ring (bicyclic) bond motifs is 3. The maximum Gasteiger partial charge on any atom is 0.290 e. The van der Waals surface area contributed by atoms with Crippen LogP contribution in [-0.4, -0.2) is 68.1 Å². The van der Waals surface area contributed by atoms with Crippen LogP contribution in [0, 0.1) is 0 Å². The zero-order valence-electron chi connectivity index (χ0n) is 17.7. The Morgan fingerprint density at radius 2 is 0.938 bits per heavy atom. The number of aromatic nitrogens is 8. The Morgan fingerprint density at radius 3 is 1.31 bits per heavy atom. The van der Waals surface area contributed by atoms with Crippen LogP contribution in [0.15, 0.2) is 36.4 Å². The summed E-state index contributed by atoms with van der Waals surface area (Å²) >= 11 is 0. The third-order valence-electron chi connectivity index (χ3n) is 4.97. The molecule has 2 aromatic carbocycles. The summed E-state index contributed by atoms with van der Waals surface area (Å²) in [4.78, 5) is 0. The van der Waals surface area contributed by atoms with Gasteiger partial charge in [0.2, 0.25) is 0 Å². The van der Waals surface area contributed by atoms with Crippen molar-refractivity contribution in [3.8, 4) is 45.8 Å². The maximum absolute atomic E-state index is 5.60. The zero-order chi connectivity index (χ0) is 22.2. The first-order valence-corrected chi connectivity index (χ1v) is 9.47. The molecule has 3 aromatic heterocycles. The lowest BCUT2D eigenvalue weighted by Crippen LogP contribution is -2.08. The Balaban J connectivity index is 1.86. The Bertz CT molecular complexity index is 1340. The second-order valence-electron chi connectivity index (χ2n) is 6.55. The van der Waals surface area contributed by atoms with Crippen LogP contribution in [0.25, 0.3) is 34.3 Å². The SMILES string of the molecule is COc1cccc(-c2nnc3nnc4nnc(-c5cccc(OC)c5OC)n4n23)c1OC. The van der Waals surface area contributed by atoms with Gasteiger partial charge in [-0.2, -0.15) is 9.03 Å². The fraction of sp³-hybridized carbons (Fsp3) is 0.200. The molecule has 0 aliphatic rings. The van der Waals surface area contributed by atoms with Crippen LogP contribution in [0.1, 0.15) is 0 Å². The van der Waals surface area contributed by atoms with Crippen molar-refractivity contribution in [2.75, 3.05) is 28.4 Å². The minimum absolute atomic E-state index is 0.250. The van der Waals surface area contributed by atoms with Crippen molar-refractivity contribution in [1.29, 1.82) is 0 Å². The van der Waals surface area contributed by atoms with Crippen molar-refractivity contribution in [2.45, 2.75) is 0 Å². The second kappa shape index (κ2) is 7.65. The average Bonchev–Trinajstić information content (AvgIpc) is 3.46. The van der Waals surface area contributed by atoms with Crippen LogP contribution in [0.2, 0.25) is 0 Å². The molecule has 32 heavy (non-hydrogen) atoms. The number of hydrogen-bond donors (Lipinski definition) is 0. The van der Waals surface area contributed by atoms with E-state index in [2.05, 4.69) is 30.6 Å². The first-order valence-electron chi connectivity index (χ1n) is 9.47. The van der Waals surface area contributed by atoms with E-state index >= 15 is 0 Å². The van der Waals surface area contributed by atoms with E-state index in [-0.39, 0.29) is 11.6 Å². The summed E-state index contributed by atoms with van der Waals surface area (Å²) in [5.41, 5.74) is 1.29. The van der Waals surface area contributed by atoms with E-state index in [0.717, 1.165) is 0 Å². The van der Waals surface area contributed by atoms with E-state index in [1.165, 1.54) is 0 Å². The summed E-state index contributed by atoms with van der Waals surface area (Å²) in [5, 5.41) is 25.3. The fourth-order valence-electron chi connectivity index (χ4n) is 3.59. The highest BCUT2D eigenvalue weighted by Gasteiger charge is 2.24. The summed E-state index contributed by atoms with van der Waals surface area (Å²) in [6, 6.07) is 11.0. The minimum atomic E-state index is 0.250. The van der Waals surface area contributed by atoms with E-state index in [1.54, 1.807) is 49.6 Å².